The van der Waals surface area contributed by atoms with Crippen molar-refractivity contribution in [2.24, 2.45) is 0 Å². The van der Waals surface area contributed by atoms with Gasteiger partial charge in [0.1, 0.15) is 0 Å². The first kappa shape index (κ1) is 15.1. The molecule has 5 N–H and O–H groups in total. The summed E-state index contributed by atoms with van der Waals surface area (Å²) in [7, 11) is -4.64. The number of aliphatic hydroxyl groups is 1. The molecule has 0 radical (unpaired) electrons. The van der Waals surface area contributed by atoms with E-state index in [0.29, 0.717) is 0 Å². The molecule has 1 aromatic rings. The third-order valence-electron chi connectivity index (χ3n) is 1.44. The maximum Gasteiger partial charge on any atom is 0.466 e. The van der Waals surface area contributed by atoms with Gasteiger partial charge in [-0.25, -0.2) is 4.57 Å². The summed E-state index contributed by atoms with van der Waals surface area (Å²) < 4.78 is 8.88. The lowest BCUT2D eigenvalue weighted by Crippen LogP contribution is -2.02. The van der Waals surface area contributed by atoms with Crippen LogP contribution in [-0.4, -0.2) is 32.9 Å². The van der Waals surface area contributed by atoms with Crippen molar-refractivity contribution < 1.29 is 24.4 Å². The zero-order valence-corrected chi connectivity index (χ0v) is 9.55. The summed E-state index contributed by atoms with van der Waals surface area (Å²) in [6.07, 6.45) is 0.800. The van der Waals surface area contributed by atoms with E-state index in [-0.39, 0.29) is 6.61 Å². The van der Waals surface area contributed by atoms with Crippen LogP contribution in [0.15, 0.2) is 30.3 Å². The summed E-state index contributed by atoms with van der Waals surface area (Å²) in [6.45, 7) is 1.08. The molecule has 92 valence electrons. The molecule has 16 heavy (non-hydrogen) atoms. The van der Waals surface area contributed by atoms with Gasteiger partial charge in [0.25, 0.3) is 0 Å². The van der Waals surface area contributed by atoms with Crippen molar-refractivity contribution in [3.63, 3.8) is 0 Å². The molecule has 1 rings (SSSR count). The number of benzene rings is 1. The van der Waals surface area contributed by atoms with Gasteiger partial charge in [-0.05, 0) is 18.6 Å². The third-order valence-corrected chi connectivity index (χ3v) is 1.44. The molecule has 0 heterocycles. The van der Waals surface area contributed by atoms with Crippen LogP contribution in [-0.2, 0) is 4.57 Å². The number of hydrogen-bond donors (Lipinski definition) is 5. The Morgan fingerprint density at radius 3 is 2.06 bits per heavy atom. The summed E-state index contributed by atoms with van der Waals surface area (Å²) in [5, 5.41) is 11.7. The summed E-state index contributed by atoms with van der Waals surface area (Å²) in [6, 6.07) is 9.98. The fourth-order valence-electron chi connectivity index (χ4n) is 0.868. The average molecular weight is 249 g/mol. The Labute approximate surface area is 93.8 Å². The molecule has 0 spiro atoms. The van der Waals surface area contributed by atoms with E-state index in [9.17, 15) is 0 Å². The third kappa shape index (κ3) is 13.1. The molecule has 0 unspecified atom stereocenters. The Balaban J connectivity index is 0.000000385. The molecule has 0 aliphatic heterocycles. The van der Waals surface area contributed by atoms with Gasteiger partial charge < -0.3 is 25.1 Å². The monoisotopic (exact) mass is 249 g/mol. The Morgan fingerprint density at radius 2 is 1.62 bits per heavy atom. The van der Waals surface area contributed by atoms with E-state index in [1.54, 1.807) is 0 Å². The van der Waals surface area contributed by atoms with Crippen LogP contribution in [0, 0.1) is 0 Å². The molecule has 0 saturated heterocycles. The van der Waals surface area contributed by atoms with Gasteiger partial charge in [0.15, 0.2) is 0 Å². The molecule has 6 nitrogen and oxygen atoms in total. The fourth-order valence-corrected chi connectivity index (χ4v) is 0.868. The van der Waals surface area contributed by atoms with E-state index < -0.39 is 7.82 Å². The van der Waals surface area contributed by atoms with E-state index in [1.807, 2.05) is 30.3 Å². The smallest absolute Gasteiger partial charge is 0.396 e. The minimum absolute atomic E-state index is 0.250. The quantitative estimate of drug-likeness (QED) is 0.394. The van der Waals surface area contributed by atoms with Gasteiger partial charge in [0.2, 0.25) is 0 Å². The summed E-state index contributed by atoms with van der Waals surface area (Å²) in [5.41, 5.74) is 1.11. The van der Waals surface area contributed by atoms with Gasteiger partial charge >= 0.3 is 7.82 Å². The number of para-hydroxylation sites is 1. The number of phosphoric acid groups is 1. The second-order valence-electron chi connectivity index (χ2n) is 2.88. The molecule has 0 aliphatic rings. The van der Waals surface area contributed by atoms with Crippen molar-refractivity contribution in [2.45, 2.75) is 6.42 Å². The van der Waals surface area contributed by atoms with Crippen molar-refractivity contribution in [1.82, 2.24) is 0 Å². The Morgan fingerprint density at radius 1 is 1.12 bits per heavy atom. The first-order chi connectivity index (χ1) is 7.43. The van der Waals surface area contributed by atoms with Crippen molar-refractivity contribution in [3.8, 4) is 0 Å². The first-order valence-corrected chi connectivity index (χ1v) is 6.18. The van der Waals surface area contributed by atoms with E-state index >= 15 is 0 Å². The van der Waals surface area contributed by atoms with Crippen molar-refractivity contribution in [1.29, 1.82) is 0 Å². The second kappa shape index (κ2) is 8.27. The number of hydrogen-bond acceptors (Lipinski definition) is 3. The van der Waals surface area contributed by atoms with Crippen LogP contribution < -0.4 is 5.32 Å². The van der Waals surface area contributed by atoms with E-state index in [4.69, 9.17) is 24.4 Å². The number of nitrogens with one attached hydrogen (secondary N) is 1. The van der Waals surface area contributed by atoms with Gasteiger partial charge in [-0.15, -0.1) is 0 Å². The van der Waals surface area contributed by atoms with E-state index in [2.05, 4.69) is 5.32 Å². The van der Waals surface area contributed by atoms with Crippen LogP contribution in [0.4, 0.5) is 5.69 Å². The van der Waals surface area contributed by atoms with Crippen LogP contribution in [0.2, 0.25) is 0 Å². The minimum Gasteiger partial charge on any atom is -0.396 e. The van der Waals surface area contributed by atoms with Crippen LogP contribution >= 0.6 is 7.82 Å². The second-order valence-corrected chi connectivity index (χ2v) is 3.91. The molecular weight excluding hydrogens is 233 g/mol. The summed E-state index contributed by atoms with van der Waals surface area (Å²) >= 11 is 0. The lowest BCUT2D eigenvalue weighted by molar-refractivity contribution is 0.275. The predicted octanol–water partition coefficient (Wildman–Crippen LogP) is 0.552. The van der Waals surface area contributed by atoms with Gasteiger partial charge in [-0.3, -0.25) is 0 Å². The molecule has 0 amide bonds. The Kier molecular flexibility index (Phi) is 7.80. The highest BCUT2D eigenvalue weighted by atomic mass is 31.2. The molecule has 1 aromatic carbocycles. The van der Waals surface area contributed by atoms with Crippen LogP contribution in [0.3, 0.4) is 0 Å². The van der Waals surface area contributed by atoms with Crippen LogP contribution in [0.5, 0.6) is 0 Å². The van der Waals surface area contributed by atoms with E-state index in [0.717, 1.165) is 18.7 Å². The number of rotatable bonds is 4. The maximum atomic E-state index is 8.88. The summed E-state index contributed by atoms with van der Waals surface area (Å²) in [4.78, 5) is 21.6. The molecule has 0 fully saturated rings. The fraction of sp³-hybridized carbons (Fsp3) is 0.333. The maximum absolute atomic E-state index is 8.88. The molecular formula is C9H16NO5P. The number of anilines is 1. The highest BCUT2D eigenvalue weighted by Crippen LogP contribution is 2.25. The van der Waals surface area contributed by atoms with Crippen LogP contribution in [0.25, 0.3) is 0 Å². The van der Waals surface area contributed by atoms with Crippen molar-refractivity contribution in [2.75, 3.05) is 18.5 Å². The molecule has 0 atom stereocenters. The van der Waals surface area contributed by atoms with E-state index in [1.165, 1.54) is 0 Å². The zero-order valence-electron chi connectivity index (χ0n) is 8.65. The standard InChI is InChI=1S/C9H13NO.H3O4P/c11-8-4-7-10-9-5-2-1-3-6-9;1-5(2,3)4/h1-3,5-6,10-11H,4,7-8H2;(H3,1,2,3,4). The highest BCUT2D eigenvalue weighted by molar-refractivity contribution is 7.45. The van der Waals surface area contributed by atoms with Crippen molar-refractivity contribution in [3.05, 3.63) is 30.3 Å². The van der Waals surface area contributed by atoms with Gasteiger partial charge in [-0.2, -0.15) is 0 Å². The highest BCUT2D eigenvalue weighted by Gasteiger charge is 2.00. The first-order valence-electron chi connectivity index (χ1n) is 4.61. The van der Waals surface area contributed by atoms with Crippen LogP contribution in [0.1, 0.15) is 6.42 Å². The Hall–Kier alpha value is -0.910. The SMILES string of the molecule is O=P(O)(O)O.OCCCNc1ccccc1. The zero-order chi connectivity index (χ0) is 12.4. The largest absolute Gasteiger partial charge is 0.466 e. The molecule has 0 bridgehead atoms. The molecule has 0 aromatic heterocycles. The van der Waals surface area contributed by atoms with Gasteiger partial charge in [0, 0.05) is 18.8 Å². The molecule has 0 saturated carbocycles. The normalized spacial score (nSPS) is 10.2. The minimum atomic E-state index is -4.64. The lowest BCUT2D eigenvalue weighted by atomic mass is 10.3. The van der Waals surface area contributed by atoms with Gasteiger partial charge in [0.05, 0.1) is 0 Å². The predicted molar refractivity (Wildman–Crippen MR) is 60.9 cm³/mol. The number of aliphatic hydroxyl groups excluding tert-OH is 1. The average Bonchev–Trinajstić information content (AvgIpc) is 2.17. The molecule has 0 aliphatic carbocycles. The van der Waals surface area contributed by atoms with Crippen molar-refractivity contribution >= 4 is 13.5 Å². The summed E-state index contributed by atoms with van der Waals surface area (Å²) in [5.74, 6) is 0. The molecule has 7 heteroatoms. The topological polar surface area (TPSA) is 110 Å². The van der Waals surface area contributed by atoms with Gasteiger partial charge in [-0.1, -0.05) is 18.2 Å². The Bertz CT molecular complexity index is 305. The lowest BCUT2D eigenvalue weighted by Gasteiger charge is -2.03.